The van der Waals surface area contributed by atoms with Crippen molar-refractivity contribution in [1.29, 1.82) is 0 Å². The first-order valence-corrected chi connectivity index (χ1v) is 8.63. The third-order valence-corrected chi connectivity index (χ3v) is 4.94. The standard InChI is InChI=1S/C16H13FINOS/c17-13-4-1-11(2-5-13)10-20-15-6-3-12(9-14(15)18)16-19-7-8-21-16/h1-6,9H,7-8,10H2. The lowest BCUT2D eigenvalue weighted by Gasteiger charge is -2.10. The average molecular weight is 413 g/mol. The van der Waals surface area contributed by atoms with Crippen LogP contribution in [0.25, 0.3) is 0 Å². The predicted molar refractivity (Wildman–Crippen MR) is 93.8 cm³/mol. The fourth-order valence-corrected chi connectivity index (χ4v) is 3.53. The molecule has 0 aliphatic carbocycles. The number of thioether (sulfide) groups is 1. The van der Waals surface area contributed by atoms with Crippen molar-refractivity contribution in [3.8, 4) is 5.75 Å². The Labute approximate surface area is 141 Å². The smallest absolute Gasteiger partial charge is 0.133 e. The minimum atomic E-state index is -0.229. The Kier molecular flexibility index (Phi) is 4.80. The molecule has 3 rings (SSSR count). The van der Waals surface area contributed by atoms with Crippen LogP contribution >= 0.6 is 34.4 Å². The summed E-state index contributed by atoms with van der Waals surface area (Å²) in [5, 5.41) is 1.11. The molecule has 0 aromatic heterocycles. The third kappa shape index (κ3) is 3.77. The molecule has 0 fully saturated rings. The van der Waals surface area contributed by atoms with Crippen molar-refractivity contribution in [2.24, 2.45) is 4.99 Å². The molecule has 21 heavy (non-hydrogen) atoms. The van der Waals surface area contributed by atoms with Gasteiger partial charge in [-0.1, -0.05) is 12.1 Å². The van der Waals surface area contributed by atoms with Gasteiger partial charge in [-0.25, -0.2) is 4.39 Å². The average Bonchev–Trinajstić information content (AvgIpc) is 3.02. The van der Waals surface area contributed by atoms with E-state index in [1.807, 2.05) is 12.1 Å². The van der Waals surface area contributed by atoms with Crippen LogP contribution in [0.2, 0.25) is 0 Å². The lowest BCUT2D eigenvalue weighted by Crippen LogP contribution is -1.99. The molecule has 0 spiro atoms. The number of aliphatic imine (C=N–C) groups is 1. The van der Waals surface area contributed by atoms with E-state index in [1.165, 1.54) is 12.1 Å². The molecule has 2 nitrogen and oxygen atoms in total. The Morgan fingerprint density at radius 3 is 2.67 bits per heavy atom. The van der Waals surface area contributed by atoms with E-state index in [1.54, 1.807) is 23.9 Å². The normalized spacial score (nSPS) is 14.1. The lowest BCUT2D eigenvalue weighted by molar-refractivity contribution is 0.304. The van der Waals surface area contributed by atoms with E-state index in [4.69, 9.17) is 4.74 Å². The molecule has 0 saturated carbocycles. The number of hydrogen-bond acceptors (Lipinski definition) is 3. The van der Waals surface area contributed by atoms with Gasteiger partial charge >= 0.3 is 0 Å². The largest absolute Gasteiger partial charge is 0.488 e. The molecule has 0 unspecified atom stereocenters. The van der Waals surface area contributed by atoms with E-state index < -0.39 is 0 Å². The fourth-order valence-electron chi connectivity index (χ4n) is 2.00. The number of hydrogen-bond donors (Lipinski definition) is 0. The van der Waals surface area contributed by atoms with Gasteiger partial charge in [0.2, 0.25) is 0 Å². The second kappa shape index (κ2) is 6.79. The molecule has 0 radical (unpaired) electrons. The molecule has 5 heteroatoms. The van der Waals surface area contributed by atoms with Crippen molar-refractivity contribution >= 4 is 39.4 Å². The highest BCUT2D eigenvalue weighted by atomic mass is 127. The minimum absolute atomic E-state index is 0.229. The van der Waals surface area contributed by atoms with Crippen molar-refractivity contribution in [1.82, 2.24) is 0 Å². The predicted octanol–water partition coefficient (Wildman–Crippen LogP) is 4.50. The fraction of sp³-hybridized carbons (Fsp3) is 0.188. The Morgan fingerprint density at radius 1 is 1.19 bits per heavy atom. The van der Waals surface area contributed by atoms with Crippen LogP contribution < -0.4 is 4.74 Å². The summed E-state index contributed by atoms with van der Waals surface area (Å²) in [6.07, 6.45) is 0. The summed E-state index contributed by atoms with van der Waals surface area (Å²) >= 11 is 4.06. The molecule has 0 amide bonds. The summed E-state index contributed by atoms with van der Waals surface area (Å²) in [6.45, 7) is 1.34. The Morgan fingerprint density at radius 2 is 2.00 bits per heavy atom. The van der Waals surface area contributed by atoms with Gasteiger partial charge in [0.25, 0.3) is 0 Å². The van der Waals surface area contributed by atoms with Gasteiger partial charge in [-0.2, -0.15) is 0 Å². The van der Waals surface area contributed by atoms with Crippen LogP contribution in [0, 0.1) is 9.39 Å². The van der Waals surface area contributed by atoms with Crippen LogP contribution in [0.1, 0.15) is 11.1 Å². The lowest BCUT2D eigenvalue weighted by atomic mass is 10.2. The molecule has 1 heterocycles. The Bertz CT molecular complexity index is 672. The topological polar surface area (TPSA) is 21.6 Å². The van der Waals surface area contributed by atoms with Gasteiger partial charge in [0, 0.05) is 17.9 Å². The highest BCUT2D eigenvalue weighted by Crippen LogP contribution is 2.27. The number of benzene rings is 2. The molecule has 0 atom stereocenters. The van der Waals surface area contributed by atoms with E-state index in [0.29, 0.717) is 6.61 Å². The molecular weight excluding hydrogens is 400 g/mol. The second-order valence-electron chi connectivity index (χ2n) is 4.60. The number of halogens is 2. The summed E-state index contributed by atoms with van der Waals surface area (Å²) < 4.78 is 19.7. The zero-order valence-corrected chi connectivity index (χ0v) is 14.2. The SMILES string of the molecule is Fc1ccc(COc2ccc(C3=NCCS3)cc2I)cc1. The van der Waals surface area contributed by atoms with E-state index >= 15 is 0 Å². The molecule has 2 aromatic rings. The Hall–Kier alpha value is -1.08. The van der Waals surface area contributed by atoms with Crippen LogP contribution in [0.15, 0.2) is 47.5 Å². The van der Waals surface area contributed by atoms with Gasteiger partial charge in [0.05, 0.1) is 8.61 Å². The zero-order chi connectivity index (χ0) is 14.7. The first kappa shape index (κ1) is 14.8. The monoisotopic (exact) mass is 413 g/mol. The summed E-state index contributed by atoms with van der Waals surface area (Å²) in [5.41, 5.74) is 2.10. The van der Waals surface area contributed by atoms with Gasteiger partial charge < -0.3 is 4.74 Å². The van der Waals surface area contributed by atoms with Crippen molar-refractivity contribution in [2.75, 3.05) is 12.3 Å². The molecule has 2 aromatic carbocycles. The summed E-state index contributed by atoms with van der Waals surface area (Å²) in [6, 6.07) is 12.5. The van der Waals surface area contributed by atoms with Crippen LogP contribution in [-0.4, -0.2) is 17.3 Å². The van der Waals surface area contributed by atoms with Crippen molar-refractivity contribution in [3.05, 3.63) is 63.0 Å². The summed E-state index contributed by atoms with van der Waals surface area (Å²) in [4.78, 5) is 4.48. The van der Waals surface area contributed by atoms with Gasteiger partial charge in [0.15, 0.2) is 0 Å². The van der Waals surface area contributed by atoms with E-state index in [9.17, 15) is 4.39 Å². The first-order chi connectivity index (χ1) is 10.2. The minimum Gasteiger partial charge on any atom is -0.488 e. The summed E-state index contributed by atoms with van der Waals surface area (Å²) in [7, 11) is 0. The molecule has 108 valence electrons. The molecule has 0 saturated heterocycles. The van der Waals surface area contributed by atoms with Gasteiger partial charge in [0.1, 0.15) is 18.2 Å². The van der Waals surface area contributed by atoms with Crippen molar-refractivity contribution in [2.45, 2.75) is 6.61 Å². The van der Waals surface area contributed by atoms with Crippen LogP contribution in [0.5, 0.6) is 5.75 Å². The summed E-state index contributed by atoms with van der Waals surface area (Å²) in [5.74, 6) is 1.68. The quantitative estimate of drug-likeness (QED) is 0.689. The highest BCUT2D eigenvalue weighted by molar-refractivity contribution is 14.1. The highest BCUT2D eigenvalue weighted by Gasteiger charge is 2.11. The van der Waals surface area contributed by atoms with Gasteiger partial charge in [-0.3, -0.25) is 4.99 Å². The maximum atomic E-state index is 12.9. The molecule has 0 bridgehead atoms. The van der Waals surface area contributed by atoms with Crippen LogP contribution in [0.4, 0.5) is 4.39 Å². The van der Waals surface area contributed by atoms with Crippen LogP contribution in [0.3, 0.4) is 0 Å². The third-order valence-electron chi connectivity index (χ3n) is 3.07. The Balaban J connectivity index is 1.69. The molecule has 1 aliphatic heterocycles. The molecule has 1 aliphatic rings. The van der Waals surface area contributed by atoms with Gasteiger partial charge in [-0.05, 0) is 58.5 Å². The number of ether oxygens (including phenoxy) is 1. The van der Waals surface area contributed by atoms with Crippen LogP contribution in [-0.2, 0) is 6.61 Å². The number of nitrogens with zero attached hydrogens (tertiary/aromatic N) is 1. The van der Waals surface area contributed by atoms with E-state index in [2.05, 4.69) is 33.6 Å². The molecule has 0 N–H and O–H groups in total. The second-order valence-corrected chi connectivity index (χ2v) is 6.84. The van der Waals surface area contributed by atoms with Crippen molar-refractivity contribution in [3.63, 3.8) is 0 Å². The zero-order valence-electron chi connectivity index (χ0n) is 11.2. The van der Waals surface area contributed by atoms with Gasteiger partial charge in [-0.15, -0.1) is 11.8 Å². The first-order valence-electron chi connectivity index (χ1n) is 6.57. The van der Waals surface area contributed by atoms with E-state index in [0.717, 1.165) is 37.8 Å². The maximum absolute atomic E-state index is 12.9. The van der Waals surface area contributed by atoms with Crippen molar-refractivity contribution < 1.29 is 9.13 Å². The van der Waals surface area contributed by atoms with E-state index in [-0.39, 0.29) is 5.82 Å². The number of rotatable bonds is 4. The molecular formula is C16H13FINOS. The maximum Gasteiger partial charge on any atom is 0.133 e.